The van der Waals surface area contributed by atoms with Crippen molar-refractivity contribution in [2.75, 3.05) is 51.3 Å². The first-order chi connectivity index (χ1) is 21.4. The second kappa shape index (κ2) is 12.3. The van der Waals surface area contributed by atoms with E-state index in [-0.39, 0.29) is 45.9 Å². The third kappa shape index (κ3) is 5.34. The van der Waals surface area contributed by atoms with Gasteiger partial charge in [-0.1, -0.05) is 12.5 Å². The molecule has 5 aliphatic heterocycles. The smallest absolute Gasteiger partial charge is 0.269 e. The fraction of sp³-hybridized carbons (Fsp3) is 0.647. The molecule has 1 aromatic heterocycles. The zero-order valence-corrected chi connectivity index (χ0v) is 25.8. The number of nitro groups is 1. The van der Waals surface area contributed by atoms with E-state index in [1.54, 1.807) is 25.3 Å². The molecule has 10 nitrogen and oxygen atoms in total. The lowest BCUT2D eigenvalue weighted by molar-refractivity contribution is -0.384. The van der Waals surface area contributed by atoms with E-state index >= 15 is 0 Å². The quantitative estimate of drug-likeness (QED) is 0.255. The third-order valence-corrected chi connectivity index (χ3v) is 11.3. The van der Waals surface area contributed by atoms with E-state index in [1.807, 2.05) is 16.7 Å². The Morgan fingerprint density at radius 3 is 2.82 bits per heavy atom. The van der Waals surface area contributed by atoms with E-state index < -0.39 is 0 Å². The second-order valence-electron chi connectivity index (χ2n) is 13.7. The van der Waals surface area contributed by atoms with Crippen LogP contribution in [0.15, 0.2) is 41.2 Å². The maximum absolute atomic E-state index is 14.9. The maximum Gasteiger partial charge on any atom is 0.269 e. The van der Waals surface area contributed by atoms with Crippen molar-refractivity contribution in [1.82, 2.24) is 14.4 Å². The molecular weight excluding hydrogens is 558 g/mol. The molecule has 44 heavy (non-hydrogen) atoms. The molecule has 6 heterocycles. The number of piperidine rings is 3. The van der Waals surface area contributed by atoms with Crippen molar-refractivity contribution >= 4 is 17.3 Å². The Labute approximate surface area is 259 Å². The van der Waals surface area contributed by atoms with Gasteiger partial charge in [-0.25, -0.2) is 0 Å². The Balaban J connectivity index is 1.24. The number of non-ortho nitro benzene ring substituents is 1. The molecule has 7 rings (SSSR count). The minimum Gasteiger partial charge on any atom is -0.385 e. The Morgan fingerprint density at radius 2 is 1.98 bits per heavy atom. The van der Waals surface area contributed by atoms with Gasteiger partial charge in [0, 0.05) is 87.5 Å². The molecule has 1 aromatic carbocycles. The number of aromatic nitrogens is 1. The van der Waals surface area contributed by atoms with Crippen molar-refractivity contribution in [3.8, 4) is 0 Å². The predicted molar refractivity (Wildman–Crippen MR) is 168 cm³/mol. The molecule has 5 aliphatic rings. The van der Waals surface area contributed by atoms with Gasteiger partial charge in [0.25, 0.3) is 11.2 Å². The van der Waals surface area contributed by atoms with E-state index in [0.29, 0.717) is 44.6 Å². The normalized spacial score (nSPS) is 29.2. The summed E-state index contributed by atoms with van der Waals surface area (Å²) in [5.41, 5.74) is 3.03. The molecule has 10 heteroatoms. The second-order valence-corrected chi connectivity index (χ2v) is 13.7. The Hall–Kier alpha value is -3.24. The highest BCUT2D eigenvalue weighted by molar-refractivity contribution is 5.82. The summed E-state index contributed by atoms with van der Waals surface area (Å²) in [6.07, 6.45) is 8.26. The minimum atomic E-state index is -0.340. The monoisotopic (exact) mass is 603 g/mol. The molecule has 2 aromatic rings. The van der Waals surface area contributed by atoms with Gasteiger partial charge in [0.2, 0.25) is 5.91 Å². The van der Waals surface area contributed by atoms with Crippen LogP contribution in [0, 0.1) is 27.9 Å². The summed E-state index contributed by atoms with van der Waals surface area (Å²) in [5.74, 6) is 0.603. The van der Waals surface area contributed by atoms with Crippen LogP contribution in [-0.4, -0.2) is 83.7 Å². The first kappa shape index (κ1) is 29.5. The van der Waals surface area contributed by atoms with Crippen molar-refractivity contribution < 1.29 is 14.5 Å². The number of benzene rings is 1. The van der Waals surface area contributed by atoms with Crippen molar-refractivity contribution in [3.05, 3.63) is 68.1 Å². The van der Waals surface area contributed by atoms with Crippen LogP contribution in [0.5, 0.6) is 0 Å². The van der Waals surface area contributed by atoms with Gasteiger partial charge in [0.1, 0.15) is 0 Å². The minimum absolute atomic E-state index is 0.0240. The van der Waals surface area contributed by atoms with Crippen LogP contribution >= 0.6 is 0 Å². The van der Waals surface area contributed by atoms with Crippen molar-refractivity contribution in [2.24, 2.45) is 17.8 Å². The lowest BCUT2D eigenvalue weighted by Crippen LogP contribution is -2.62. The topological polar surface area (TPSA) is 101 Å². The molecule has 1 amide bonds. The van der Waals surface area contributed by atoms with Crippen LogP contribution in [0.2, 0.25) is 0 Å². The van der Waals surface area contributed by atoms with E-state index in [4.69, 9.17) is 4.74 Å². The zero-order chi connectivity index (χ0) is 30.4. The average Bonchev–Trinajstić information content (AvgIpc) is 3.04. The highest BCUT2D eigenvalue weighted by atomic mass is 16.6. The van der Waals surface area contributed by atoms with Crippen LogP contribution in [0.1, 0.15) is 62.1 Å². The summed E-state index contributed by atoms with van der Waals surface area (Å²) in [6.45, 7) is 5.63. The lowest BCUT2D eigenvalue weighted by Gasteiger charge is -2.55. The molecule has 2 unspecified atom stereocenters. The molecule has 0 saturated carbocycles. The summed E-state index contributed by atoms with van der Waals surface area (Å²) < 4.78 is 7.34. The number of rotatable bonds is 8. The van der Waals surface area contributed by atoms with Crippen LogP contribution in [0.4, 0.5) is 11.4 Å². The number of nitrogens with zero attached hydrogens (tertiary/aromatic N) is 5. The molecule has 6 atom stereocenters. The van der Waals surface area contributed by atoms with E-state index in [0.717, 1.165) is 55.8 Å². The van der Waals surface area contributed by atoms with Crippen LogP contribution in [-0.2, 0) is 22.5 Å². The van der Waals surface area contributed by atoms with Gasteiger partial charge in [-0.3, -0.25) is 19.7 Å². The first-order valence-electron chi connectivity index (χ1n) is 16.7. The fourth-order valence-corrected chi connectivity index (χ4v) is 9.44. The Morgan fingerprint density at radius 1 is 1.11 bits per heavy atom. The molecule has 3 fully saturated rings. The number of anilines is 1. The van der Waals surface area contributed by atoms with Crippen LogP contribution in [0.25, 0.3) is 0 Å². The van der Waals surface area contributed by atoms with Gasteiger partial charge in [-0.2, -0.15) is 0 Å². The number of hydrogen-bond donors (Lipinski definition) is 0. The zero-order valence-electron chi connectivity index (χ0n) is 25.8. The van der Waals surface area contributed by atoms with Gasteiger partial charge >= 0.3 is 0 Å². The molecule has 0 N–H and O–H groups in total. The number of carbonyl (C=O) groups is 1. The number of nitro benzene ring substituents is 1. The van der Waals surface area contributed by atoms with Crippen molar-refractivity contribution in [2.45, 2.75) is 75.9 Å². The lowest BCUT2D eigenvalue weighted by atomic mass is 9.69. The van der Waals surface area contributed by atoms with Gasteiger partial charge in [-0.15, -0.1) is 0 Å². The summed E-state index contributed by atoms with van der Waals surface area (Å²) in [5, 5.41) is 11.8. The number of fused-ring (bicyclic) bond motifs is 9. The molecular formula is C34H45N5O5. The first-order valence-corrected chi connectivity index (χ1v) is 16.7. The maximum atomic E-state index is 14.9. The highest BCUT2D eigenvalue weighted by Gasteiger charge is 2.50. The number of methoxy groups -OCH3 is 1. The van der Waals surface area contributed by atoms with Crippen LogP contribution in [0.3, 0.4) is 0 Å². The van der Waals surface area contributed by atoms with Gasteiger partial charge in [0.05, 0.1) is 10.8 Å². The molecule has 0 spiro atoms. The van der Waals surface area contributed by atoms with Crippen molar-refractivity contribution in [3.63, 3.8) is 0 Å². The largest absolute Gasteiger partial charge is 0.385 e. The summed E-state index contributed by atoms with van der Waals surface area (Å²) in [6, 6.07) is 11.2. The molecule has 0 aliphatic carbocycles. The SMILES string of the molecule is COCCCN(C[C@@H]1CCCN2CCCC[C@H]12)C(=O)[C@@H]1Cc2cc([N+](=O)[O-])ccc2N2CC3CC(Cn4c3cccc4=O)[C@@H]12. The third-order valence-electron chi connectivity index (χ3n) is 11.3. The van der Waals surface area contributed by atoms with E-state index in [1.165, 1.54) is 25.7 Å². The standard InChI is InChI=1S/C34H45N5O5/c1-44-16-6-15-36(20-23-7-5-14-35-13-3-2-8-29(23)35)34(41)28-19-24-18-27(39(42)43)11-12-31(24)38-21-25-17-26(33(28)38)22-37-30(25)9-4-10-32(37)40/h4,9-12,18,23,25-26,28-29,33H,2-3,5-8,13-17,19-22H2,1H3/t23-,25?,26?,28+,29+,33-/m0/s1. The fourth-order valence-electron chi connectivity index (χ4n) is 9.44. The number of amides is 1. The van der Waals surface area contributed by atoms with Gasteiger partial charge in [0.15, 0.2) is 0 Å². The number of pyridine rings is 1. The molecule has 236 valence electrons. The number of hydrogen-bond acceptors (Lipinski definition) is 7. The van der Waals surface area contributed by atoms with Crippen molar-refractivity contribution in [1.29, 1.82) is 0 Å². The Kier molecular flexibility index (Phi) is 8.22. The molecule has 0 radical (unpaired) electrons. The highest BCUT2D eigenvalue weighted by Crippen LogP contribution is 2.48. The van der Waals surface area contributed by atoms with E-state index in [9.17, 15) is 19.7 Å². The number of ether oxygens (including phenoxy) is 1. The summed E-state index contributed by atoms with van der Waals surface area (Å²) in [4.78, 5) is 46.5. The molecule has 3 saturated heterocycles. The predicted octanol–water partition coefficient (Wildman–Crippen LogP) is 4.05. The summed E-state index contributed by atoms with van der Waals surface area (Å²) in [7, 11) is 1.71. The van der Waals surface area contributed by atoms with Crippen LogP contribution < -0.4 is 10.5 Å². The number of carbonyl (C=O) groups excluding carboxylic acids is 1. The van der Waals surface area contributed by atoms with Gasteiger partial charge in [-0.05, 0) is 87.6 Å². The van der Waals surface area contributed by atoms with E-state index in [2.05, 4.69) is 20.8 Å². The average molecular weight is 604 g/mol. The summed E-state index contributed by atoms with van der Waals surface area (Å²) >= 11 is 0. The Bertz CT molecular complexity index is 1460. The molecule has 2 bridgehead atoms. The van der Waals surface area contributed by atoms with Gasteiger partial charge < -0.3 is 24.0 Å².